The number of nitriles is 1. The fraction of sp³-hybridized carbons (Fsp3) is 0.235. The first-order chi connectivity index (χ1) is 27.4. The Hall–Kier alpha value is -5.50. The fourth-order valence-electron chi connectivity index (χ4n) is 7.69. The summed E-state index contributed by atoms with van der Waals surface area (Å²) in [6.07, 6.45) is 0. The van der Waals surface area contributed by atoms with E-state index in [4.69, 9.17) is 5.26 Å². The van der Waals surface area contributed by atoms with E-state index in [9.17, 15) is 0 Å². The Morgan fingerprint density at radius 1 is 0.759 bits per heavy atom. The van der Waals surface area contributed by atoms with E-state index in [1.165, 1.54) is 44.8 Å². The molecule has 6 aromatic carbocycles. The summed E-state index contributed by atoms with van der Waals surface area (Å²) in [5.41, 5.74) is 16.1. The van der Waals surface area contributed by atoms with Crippen LogP contribution in [0.5, 0.6) is 0 Å². The largest absolute Gasteiger partial charge is 4.00 e. The van der Waals surface area contributed by atoms with Crippen LogP contribution in [-0.4, -0.2) is 14.1 Å². The van der Waals surface area contributed by atoms with Crippen molar-refractivity contribution in [1.82, 2.24) is 4.98 Å². The monoisotopic (exact) mass is 943 g/mol. The number of nitrogens with one attached hydrogen (secondary N) is 1. The number of hydrogen-bond donors (Lipinski definition) is 1. The SMILES string of the molecule is Cc1ccccc1N(C)[CH-]Nc1[c-]c(N2[CH-]N(C)c3ccccc32)cc(-c2c(C(C)C)cc(C(C)C)cc2C(C)C)c1.N#Cc1ccc2[n-]c3ccccc3c2c1.[Pt+4]. The molecule has 1 aliphatic heterocycles. The van der Waals surface area contributed by atoms with Gasteiger partial charge in [-0.05, 0) is 108 Å². The Labute approximate surface area is 359 Å². The minimum atomic E-state index is 0. The van der Waals surface area contributed by atoms with Crippen molar-refractivity contribution in [2.24, 2.45) is 0 Å². The first-order valence-corrected chi connectivity index (χ1v) is 19.9. The van der Waals surface area contributed by atoms with Gasteiger partial charge in [-0.3, -0.25) is 0 Å². The molecule has 6 nitrogen and oxygen atoms in total. The summed E-state index contributed by atoms with van der Waals surface area (Å²) in [5, 5.41) is 14.6. The second-order valence-corrected chi connectivity index (χ2v) is 15.9. The molecule has 1 aromatic heterocycles. The summed E-state index contributed by atoms with van der Waals surface area (Å²) in [7, 11) is 4.18. The number of anilines is 5. The Kier molecular flexibility index (Phi) is 13.0. The summed E-state index contributed by atoms with van der Waals surface area (Å²) in [5.74, 6) is 1.26. The van der Waals surface area contributed by atoms with E-state index >= 15 is 0 Å². The molecule has 0 fully saturated rings. The van der Waals surface area contributed by atoms with E-state index in [1.54, 1.807) is 6.07 Å². The van der Waals surface area contributed by atoms with Crippen molar-refractivity contribution < 1.29 is 21.1 Å². The van der Waals surface area contributed by atoms with Gasteiger partial charge in [0.05, 0.1) is 11.6 Å². The van der Waals surface area contributed by atoms with Gasteiger partial charge < -0.3 is 25.0 Å². The van der Waals surface area contributed by atoms with E-state index < -0.39 is 0 Å². The van der Waals surface area contributed by atoms with Gasteiger partial charge in [0, 0.05) is 17.1 Å². The average Bonchev–Trinajstić information content (AvgIpc) is 3.76. The van der Waals surface area contributed by atoms with Crippen LogP contribution in [0.15, 0.2) is 115 Å². The van der Waals surface area contributed by atoms with E-state index in [2.05, 4.69) is 179 Å². The van der Waals surface area contributed by atoms with Crippen LogP contribution in [0.3, 0.4) is 0 Å². The maximum atomic E-state index is 8.84. The molecule has 0 bridgehead atoms. The zero-order chi connectivity index (χ0) is 40.4. The quantitative estimate of drug-likeness (QED) is 0.146. The van der Waals surface area contributed by atoms with Crippen molar-refractivity contribution in [3.63, 3.8) is 0 Å². The van der Waals surface area contributed by atoms with Gasteiger partial charge in [-0.2, -0.15) is 18.6 Å². The van der Waals surface area contributed by atoms with Crippen molar-refractivity contribution in [3.8, 4) is 17.2 Å². The number of benzene rings is 6. The number of aromatic nitrogens is 1. The van der Waals surface area contributed by atoms with Crippen LogP contribution in [0.1, 0.15) is 87.1 Å². The second-order valence-electron chi connectivity index (χ2n) is 15.9. The summed E-state index contributed by atoms with van der Waals surface area (Å²) in [6.45, 7) is 20.2. The van der Waals surface area contributed by atoms with E-state index in [0.717, 1.165) is 38.9 Å². The number of fused-ring (bicyclic) bond motifs is 4. The molecule has 1 N–H and O–H groups in total. The van der Waals surface area contributed by atoms with Gasteiger partial charge in [0.15, 0.2) is 0 Å². The number of nitrogens with zero attached hydrogens (tertiary/aromatic N) is 5. The van der Waals surface area contributed by atoms with Crippen molar-refractivity contribution in [3.05, 3.63) is 162 Å². The Morgan fingerprint density at radius 3 is 2.07 bits per heavy atom. The van der Waals surface area contributed by atoms with Gasteiger partial charge >= 0.3 is 21.1 Å². The maximum absolute atomic E-state index is 8.84. The van der Waals surface area contributed by atoms with Crippen LogP contribution in [0.2, 0.25) is 0 Å². The van der Waals surface area contributed by atoms with Crippen LogP contribution in [0.4, 0.5) is 28.4 Å². The molecule has 0 saturated carbocycles. The third kappa shape index (κ3) is 8.66. The summed E-state index contributed by atoms with van der Waals surface area (Å²) in [6, 6.07) is 45.8. The van der Waals surface area contributed by atoms with Gasteiger partial charge in [-0.15, -0.1) is 46.2 Å². The molecule has 2 heterocycles. The third-order valence-electron chi connectivity index (χ3n) is 10.8. The first-order valence-electron chi connectivity index (χ1n) is 19.9. The predicted octanol–water partition coefficient (Wildman–Crippen LogP) is 13.0. The minimum Gasteiger partial charge on any atom is -0.657 e. The van der Waals surface area contributed by atoms with Crippen molar-refractivity contribution >= 4 is 50.2 Å². The molecule has 1 aliphatic rings. The topological polar surface area (TPSA) is 59.6 Å². The predicted molar refractivity (Wildman–Crippen MR) is 241 cm³/mol. The van der Waals surface area contributed by atoms with Crippen LogP contribution in [0, 0.1) is 37.7 Å². The van der Waals surface area contributed by atoms with Crippen molar-refractivity contribution in [2.75, 3.05) is 34.1 Å². The fourth-order valence-corrected chi connectivity index (χ4v) is 7.69. The molecular weight excluding hydrogens is 892 g/mol. The van der Waals surface area contributed by atoms with Gasteiger partial charge in [-0.1, -0.05) is 114 Å². The number of rotatable bonds is 9. The molecule has 0 aliphatic carbocycles. The zero-order valence-electron chi connectivity index (χ0n) is 34.9. The van der Waals surface area contributed by atoms with E-state index in [1.807, 2.05) is 43.1 Å². The Morgan fingerprint density at radius 2 is 1.40 bits per heavy atom. The van der Waals surface area contributed by atoms with Crippen LogP contribution in [-0.2, 0) is 21.1 Å². The van der Waals surface area contributed by atoms with Crippen molar-refractivity contribution in [1.29, 1.82) is 5.26 Å². The number of hydrogen-bond acceptors (Lipinski definition) is 5. The van der Waals surface area contributed by atoms with Crippen LogP contribution < -0.4 is 25.0 Å². The molecule has 7 heteroatoms. The normalized spacial score (nSPS) is 12.1. The van der Waals surface area contributed by atoms with Crippen LogP contribution in [0.25, 0.3) is 32.9 Å². The average molecular weight is 944 g/mol. The van der Waals surface area contributed by atoms with Gasteiger partial charge in [0.25, 0.3) is 0 Å². The number of aryl methyl sites for hydroxylation is 1. The summed E-state index contributed by atoms with van der Waals surface area (Å²) >= 11 is 0. The first kappa shape index (κ1) is 42.1. The molecule has 0 saturated heterocycles. The van der Waals surface area contributed by atoms with Crippen LogP contribution >= 0.6 is 0 Å². The van der Waals surface area contributed by atoms with Gasteiger partial charge in [-0.25, -0.2) is 0 Å². The zero-order valence-corrected chi connectivity index (χ0v) is 37.2. The standard InChI is InChI=1S/C38H45N4.C13H7N2.Pt/c1-25(2)29-20-33(26(3)4)38(34(21-29)27(5)6)30-18-31(39-23-40(8)35-15-11-10-14-28(35)7)22-32(19-30)42-24-41(9)36-16-12-13-17-37(36)42;14-8-9-5-6-13-11(7-9)10-3-1-2-4-12(10)15-13;/h10-21,23-27,39H,1-9H3;1-7H;/q-3;-1;+4. The summed E-state index contributed by atoms with van der Waals surface area (Å²) in [4.78, 5) is 11.0. The molecular formula is C51H52N6Pt. The summed E-state index contributed by atoms with van der Waals surface area (Å²) < 4.78 is 0. The Balaban J connectivity index is 0.000000294. The minimum absolute atomic E-state index is 0. The molecule has 0 amide bonds. The molecule has 8 rings (SSSR count). The number of para-hydroxylation sites is 4. The maximum Gasteiger partial charge on any atom is 4.00 e. The molecule has 0 radical (unpaired) electrons. The van der Waals surface area contributed by atoms with E-state index in [0.29, 0.717) is 23.3 Å². The Bertz CT molecular complexity index is 2550. The second kappa shape index (κ2) is 18.0. The van der Waals surface area contributed by atoms with Gasteiger partial charge in [0.1, 0.15) is 0 Å². The molecule has 0 spiro atoms. The molecule has 296 valence electrons. The van der Waals surface area contributed by atoms with Gasteiger partial charge in [0.2, 0.25) is 0 Å². The molecule has 58 heavy (non-hydrogen) atoms. The third-order valence-corrected chi connectivity index (χ3v) is 10.8. The smallest absolute Gasteiger partial charge is 0.657 e. The molecule has 0 atom stereocenters. The molecule has 7 aromatic rings. The van der Waals surface area contributed by atoms with Crippen molar-refractivity contribution in [2.45, 2.75) is 66.2 Å². The molecule has 0 unspecified atom stereocenters. The van der Waals surface area contributed by atoms with E-state index in [-0.39, 0.29) is 21.1 Å².